The number of esters is 1. The molecule has 0 aliphatic carbocycles. The van der Waals surface area contributed by atoms with Crippen molar-refractivity contribution in [3.63, 3.8) is 0 Å². The lowest BCUT2D eigenvalue weighted by atomic mass is 10.4. The van der Waals surface area contributed by atoms with Crippen molar-refractivity contribution in [2.24, 2.45) is 0 Å². The van der Waals surface area contributed by atoms with E-state index >= 15 is 0 Å². The van der Waals surface area contributed by atoms with Gasteiger partial charge in [0.25, 0.3) is 8.32 Å². The Labute approximate surface area is 121 Å². The van der Waals surface area contributed by atoms with Gasteiger partial charge in [-0.05, 0) is 18.1 Å². The summed E-state index contributed by atoms with van der Waals surface area (Å²) in [4.78, 5) is 23.2. The standard InChI is InChI=1S/C15H22O4Si/c1-5-9-18-14(16)13-15(17)19-20(10-6-2,11-7-3)12-8-4/h5-8H,1-4,9-13H2. The minimum atomic E-state index is -2.39. The van der Waals surface area contributed by atoms with Gasteiger partial charge in [0.05, 0.1) is 0 Å². The smallest absolute Gasteiger partial charge is 0.317 e. The van der Waals surface area contributed by atoms with Crippen LogP contribution in [0.4, 0.5) is 0 Å². The lowest BCUT2D eigenvalue weighted by Crippen LogP contribution is -2.39. The number of carbonyl (C=O) groups excluding carboxylic acids is 2. The molecule has 110 valence electrons. The molecule has 0 aliphatic rings. The van der Waals surface area contributed by atoms with Crippen molar-refractivity contribution in [1.29, 1.82) is 0 Å². The van der Waals surface area contributed by atoms with Crippen LogP contribution in [0.5, 0.6) is 0 Å². The zero-order chi connectivity index (χ0) is 15.4. The molecule has 0 N–H and O–H groups in total. The Morgan fingerprint density at radius 2 is 1.35 bits per heavy atom. The SMILES string of the molecule is C=CCOC(=O)CC(=O)O[Si](CC=C)(CC=C)CC=C. The molecule has 0 amide bonds. The van der Waals surface area contributed by atoms with E-state index in [-0.39, 0.29) is 6.61 Å². The Bertz CT molecular complexity index is 361. The minimum absolute atomic E-state index is 0.0840. The topological polar surface area (TPSA) is 52.6 Å². The first kappa shape index (κ1) is 18.1. The zero-order valence-corrected chi connectivity index (χ0v) is 12.8. The Morgan fingerprint density at radius 3 is 1.75 bits per heavy atom. The van der Waals surface area contributed by atoms with Gasteiger partial charge in [-0.25, -0.2) is 0 Å². The molecule has 0 atom stereocenters. The van der Waals surface area contributed by atoms with Crippen molar-refractivity contribution in [2.45, 2.75) is 24.6 Å². The Kier molecular flexibility index (Phi) is 9.03. The zero-order valence-electron chi connectivity index (χ0n) is 11.8. The van der Waals surface area contributed by atoms with E-state index in [4.69, 9.17) is 9.16 Å². The largest absolute Gasteiger partial charge is 0.518 e. The van der Waals surface area contributed by atoms with E-state index in [1.165, 1.54) is 6.08 Å². The molecular weight excluding hydrogens is 272 g/mol. The Balaban J connectivity index is 4.69. The average Bonchev–Trinajstić information content (AvgIpc) is 2.37. The van der Waals surface area contributed by atoms with Crippen LogP contribution in [0.2, 0.25) is 18.1 Å². The summed E-state index contributed by atoms with van der Waals surface area (Å²) < 4.78 is 10.3. The maximum absolute atomic E-state index is 11.8. The predicted octanol–water partition coefficient (Wildman–Crippen LogP) is 3.15. The number of hydrogen-bond acceptors (Lipinski definition) is 4. The van der Waals surface area contributed by atoms with Gasteiger partial charge >= 0.3 is 11.9 Å². The van der Waals surface area contributed by atoms with E-state index in [0.29, 0.717) is 18.1 Å². The summed E-state index contributed by atoms with van der Waals surface area (Å²) in [5.41, 5.74) is 0. The third-order valence-corrected chi connectivity index (χ3v) is 6.29. The summed E-state index contributed by atoms with van der Waals surface area (Å²) in [6.45, 7) is 14.6. The first-order valence-electron chi connectivity index (χ1n) is 6.34. The van der Waals surface area contributed by atoms with Gasteiger partial charge in [0, 0.05) is 0 Å². The van der Waals surface area contributed by atoms with E-state index in [0.717, 1.165) is 0 Å². The Hall–Kier alpha value is -1.88. The predicted molar refractivity (Wildman–Crippen MR) is 82.6 cm³/mol. The maximum atomic E-state index is 11.8. The molecule has 0 aliphatic heterocycles. The molecule has 0 radical (unpaired) electrons. The first-order chi connectivity index (χ1) is 9.53. The number of hydrogen-bond donors (Lipinski definition) is 0. The van der Waals surface area contributed by atoms with Crippen LogP contribution in [-0.2, 0) is 18.8 Å². The highest BCUT2D eigenvalue weighted by molar-refractivity contribution is 6.76. The van der Waals surface area contributed by atoms with Gasteiger partial charge in [-0.2, -0.15) is 0 Å². The second-order valence-corrected chi connectivity index (χ2v) is 8.08. The number of carbonyl (C=O) groups is 2. The molecule has 0 rings (SSSR count). The van der Waals surface area contributed by atoms with Crippen LogP contribution in [0, 0.1) is 0 Å². The molecule has 0 heterocycles. The van der Waals surface area contributed by atoms with Crippen molar-refractivity contribution < 1.29 is 18.8 Å². The van der Waals surface area contributed by atoms with Crippen LogP contribution in [0.25, 0.3) is 0 Å². The normalized spacial score (nSPS) is 10.2. The van der Waals surface area contributed by atoms with Crippen LogP contribution in [0.1, 0.15) is 6.42 Å². The summed E-state index contributed by atoms with van der Waals surface area (Å²) >= 11 is 0. The van der Waals surface area contributed by atoms with Crippen LogP contribution >= 0.6 is 0 Å². The maximum Gasteiger partial charge on any atom is 0.317 e. The van der Waals surface area contributed by atoms with Gasteiger partial charge in [-0.15, -0.1) is 19.7 Å². The monoisotopic (exact) mass is 294 g/mol. The summed E-state index contributed by atoms with van der Waals surface area (Å²) in [5.74, 6) is -1.19. The fraction of sp³-hybridized carbons (Fsp3) is 0.333. The lowest BCUT2D eigenvalue weighted by Gasteiger charge is -2.27. The fourth-order valence-electron chi connectivity index (χ4n) is 1.76. The minimum Gasteiger partial charge on any atom is -0.518 e. The second kappa shape index (κ2) is 9.97. The molecule has 0 fully saturated rings. The highest BCUT2D eigenvalue weighted by Gasteiger charge is 2.35. The van der Waals surface area contributed by atoms with E-state index in [2.05, 4.69) is 26.3 Å². The third-order valence-electron chi connectivity index (χ3n) is 2.53. The summed E-state index contributed by atoms with van der Waals surface area (Å²) in [6, 6.07) is 1.79. The molecule has 0 aromatic rings. The van der Waals surface area contributed by atoms with Crippen LogP contribution in [0.3, 0.4) is 0 Å². The number of allylic oxidation sites excluding steroid dienone is 3. The van der Waals surface area contributed by atoms with Crippen molar-refractivity contribution in [3.8, 4) is 0 Å². The van der Waals surface area contributed by atoms with Crippen LogP contribution in [-0.4, -0.2) is 26.9 Å². The van der Waals surface area contributed by atoms with Gasteiger partial charge in [-0.1, -0.05) is 30.9 Å². The van der Waals surface area contributed by atoms with Crippen molar-refractivity contribution in [2.75, 3.05) is 6.61 Å². The molecule has 0 aromatic carbocycles. The van der Waals surface area contributed by atoms with E-state index in [1.54, 1.807) is 18.2 Å². The van der Waals surface area contributed by atoms with Gasteiger partial charge in [-0.3, -0.25) is 9.59 Å². The third kappa shape index (κ3) is 6.89. The van der Waals surface area contributed by atoms with Gasteiger partial charge in [0.15, 0.2) is 0 Å². The van der Waals surface area contributed by atoms with E-state index in [9.17, 15) is 9.59 Å². The van der Waals surface area contributed by atoms with Crippen LogP contribution in [0.15, 0.2) is 50.6 Å². The Morgan fingerprint density at radius 1 is 0.850 bits per heavy atom. The van der Waals surface area contributed by atoms with E-state index in [1.807, 2.05) is 0 Å². The lowest BCUT2D eigenvalue weighted by molar-refractivity contribution is -0.149. The highest BCUT2D eigenvalue weighted by Crippen LogP contribution is 2.24. The molecule has 5 heteroatoms. The molecule has 0 spiro atoms. The average molecular weight is 294 g/mol. The van der Waals surface area contributed by atoms with Gasteiger partial charge in [0.1, 0.15) is 13.0 Å². The molecule has 0 bridgehead atoms. The van der Waals surface area contributed by atoms with Crippen LogP contribution < -0.4 is 0 Å². The van der Waals surface area contributed by atoms with Gasteiger partial charge < -0.3 is 9.16 Å². The molecule has 0 unspecified atom stereocenters. The number of ether oxygens (including phenoxy) is 1. The molecule has 20 heavy (non-hydrogen) atoms. The van der Waals surface area contributed by atoms with Crippen molar-refractivity contribution in [3.05, 3.63) is 50.6 Å². The van der Waals surface area contributed by atoms with Gasteiger partial charge in [0.2, 0.25) is 0 Å². The summed E-state index contributed by atoms with van der Waals surface area (Å²) in [7, 11) is -2.39. The fourth-order valence-corrected chi connectivity index (χ4v) is 4.65. The second-order valence-electron chi connectivity index (χ2n) is 4.28. The molecule has 0 saturated carbocycles. The van der Waals surface area contributed by atoms with Crippen molar-refractivity contribution in [1.82, 2.24) is 0 Å². The number of rotatable bonds is 11. The summed E-state index contributed by atoms with van der Waals surface area (Å²) in [6.07, 6.45) is 6.22. The highest BCUT2D eigenvalue weighted by atomic mass is 28.4. The van der Waals surface area contributed by atoms with Crippen molar-refractivity contribution >= 4 is 20.3 Å². The molecule has 4 nitrogen and oxygen atoms in total. The first-order valence-corrected chi connectivity index (χ1v) is 8.87. The molecule has 0 aromatic heterocycles. The van der Waals surface area contributed by atoms with E-state index < -0.39 is 26.7 Å². The summed E-state index contributed by atoms with van der Waals surface area (Å²) in [5, 5.41) is 0. The molecular formula is C15H22O4Si. The quantitative estimate of drug-likeness (QED) is 0.254. The molecule has 0 saturated heterocycles.